The predicted octanol–water partition coefficient (Wildman–Crippen LogP) is -3.41. The molecule has 0 aromatic heterocycles. The zero-order valence-corrected chi connectivity index (χ0v) is 15.4. The maximum absolute atomic E-state index is 10.4. The van der Waals surface area contributed by atoms with Crippen LogP contribution in [0.25, 0.3) is 0 Å². The van der Waals surface area contributed by atoms with Gasteiger partial charge in [-0.1, -0.05) is 6.08 Å². The molecule has 0 aromatic carbocycles. The molecular weight excluding hydrogens is 380 g/mol. The minimum absolute atomic E-state index is 0.233. The van der Waals surface area contributed by atoms with Crippen molar-refractivity contribution in [2.24, 2.45) is 0 Å². The van der Waals surface area contributed by atoms with Gasteiger partial charge in [0.05, 0.1) is 19.8 Å². The smallest absolute Gasteiger partial charge is 0.187 e. The standard InChI is InChI=1S/C17H30O11/c1-2-3-4-5-25-16-14(24)12(22)15(9(7-19)27-16)28-17-13(23)11(21)10(20)8(6-18)26-17/h2,8-24H,1,3-7H2/t8-,9-,10+,11+,12-,13-,14-,15+,16-,17-/m1/s1. The Morgan fingerprint density at radius 3 is 2.00 bits per heavy atom. The molecule has 0 aromatic rings. The first-order chi connectivity index (χ1) is 13.3. The molecule has 2 saturated heterocycles. The van der Waals surface area contributed by atoms with Crippen molar-refractivity contribution in [1.29, 1.82) is 0 Å². The van der Waals surface area contributed by atoms with Gasteiger partial charge >= 0.3 is 0 Å². The zero-order valence-electron chi connectivity index (χ0n) is 15.4. The summed E-state index contributed by atoms with van der Waals surface area (Å²) < 4.78 is 21.5. The van der Waals surface area contributed by atoms with Gasteiger partial charge in [-0.25, -0.2) is 0 Å². The molecule has 11 nitrogen and oxygen atoms in total. The van der Waals surface area contributed by atoms with E-state index in [0.717, 1.165) is 0 Å². The fraction of sp³-hybridized carbons (Fsp3) is 0.882. The molecule has 2 heterocycles. The number of hydrogen-bond acceptors (Lipinski definition) is 11. The molecule has 2 rings (SSSR count). The number of rotatable bonds is 9. The predicted molar refractivity (Wildman–Crippen MR) is 91.8 cm³/mol. The summed E-state index contributed by atoms with van der Waals surface area (Å²) in [4.78, 5) is 0. The summed E-state index contributed by atoms with van der Waals surface area (Å²) in [6, 6.07) is 0. The van der Waals surface area contributed by atoms with Gasteiger partial charge in [-0.2, -0.15) is 0 Å². The maximum atomic E-state index is 10.4. The Bertz CT molecular complexity index is 474. The average Bonchev–Trinajstić information content (AvgIpc) is 2.70. The van der Waals surface area contributed by atoms with Crippen molar-refractivity contribution in [1.82, 2.24) is 0 Å². The summed E-state index contributed by atoms with van der Waals surface area (Å²) in [5.41, 5.74) is 0. The van der Waals surface area contributed by atoms with Gasteiger partial charge < -0.3 is 54.7 Å². The second-order valence-corrected chi connectivity index (χ2v) is 6.81. The van der Waals surface area contributed by atoms with Crippen molar-refractivity contribution < 1.29 is 54.7 Å². The first kappa shape index (κ1) is 23.6. The SMILES string of the molecule is C=CCCCO[C@@H]1O[C@H](CO)[C@H](O[C@H]2O[C@H](CO)[C@H](O)[C@H](O)[C@H]2O)[C@H](O)[C@H]1O. The number of allylic oxidation sites excluding steroid dienone is 1. The van der Waals surface area contributed by atoms with Gasteiger partial charge in [0.25, 0.3) is 0 Å². The Kier molecular flexibility index (Phi) is 9.18. The molecule has 0 bridgehead atoms. The van der Waals surface area contributed by atoms with E-state index in [0.29, 0.717) is 12.8 Å². The van der Waals surface area contributed by atoms with Gasteiger partial charge in [0.2, 0.25) is 0 Å². The molecule has 0 amide bonds. The molecule has 2 fully saturated rings. The quantitative estimate of drug-likeness (QED) is 0.149. The van der Waals surface area contributed by atoms with Crippen molar-refractivity contribution in [3.8, 4) is 0 Å². The van der Waals surface area contributed by atoms with E-state index in [1.54, 1.807) is 6.08 Å². The second-order valence-electron chi connectivity index (χ2n) is 6.81. The van der Waals surface area contributed by atoms with Crippen LogP contribution in [0.1, 0.15) is 12.8 Å². The monoisotopic (exact) mass is 410 g/mol. The zero-order chi connectivity index (χ0) is 20.8. The second kappa shape index (κ2) is 10.9. The molecule has 0 saturated carbocycles. The minimum atomic E-state index is -1.70. The van der Waals surface area contributed by atoms with E-state index in [1.807, 2.05) is 0 Å². The highest BCUT2D eigenvalue weighted by Crippen LogP contribution is 2.29. The van der Waals surface area contributed by atoms with Gasteiger partial charge in [-0.05, 0) is 12.8 Å². The molecule has 11 heteroatoms. The molecule has 164 valence electrons. The third kappa shape index (κ3) is 5.26. The highest BCUT2D eigenvalue weighted by molar-refractivity contribution is 4.94. The third-order valence-corrected chi connectivity index (χ3v) is 4.80. The van der Waals surface area contributed by atoms with E-state index in [2.05, 4.69) is 6.58 Å². The number of hydrogen-bond donors (Lipinski definition) is 7. The topological polar surface area (TPSA) is 179 Å². The van der Waals surface area contributed by atoms with Crippen molar-refractivity contribution in [2.45, 2.75) is 74.3 Å². The van der Waals surface area contributed by atoms with Gasteiger partial charge in [-0.3, -0.25) is 0 Å². The Morgan fingerprint density at radius 1 is 0.786 bits per heavy atom. The minimum Gasteiger partial charge on any atom is -0.394 e. The lowest BCUT2D eigenvalue weighted by atomic mass is 9.97. The van der Waals surface area contributed by atoms with E-state index >= 15 is 0 Å². The summed E-state index contributed by atoms with van der Waals surface area (Å²) in [5.74, 6) is 0. The molecule has 0 aliphatic carbocycles. The van der Waals surface area contributed by atoms with Crippen LogP contribution in [-0.2, 0) is 18.9 Å². The van der Waals surface area contributed by atoms with Crippen LogP contribution < -0.4 is 0 Å². The van der Waals surface area contributed by atoms with Crippen LogP contribution in [0.2, 0.25) is 0 Å². The molecule has 2 aliphatic heterocycles. The summed E-state index contributed by atoms with van der Waals surface area (Å²) in [5, 5.41) is 69.2. The van der Waals surface area contributed by atoms with Crippen LogP contribution in [0.5, 0.6) is 0 Å². The Labute approximate surface area is 162 Å². The lowest BCUT2D eigenvalue weighted by Crippen LogP contribution is -2.64. The number of aliphatic hydroxyl groups excluding tert-OH is 7. The van der Waals surface area contributed by atoms with Crippen LogP contribution in [0.3, 0.4) is 0 Å². The highest BCUT2D eigenvalue weighted by atomic mass is 16.7. The van der Waals surface area contributed by atoms with Crippen LogP contribution in [0, 0.1) is 0 Å². The lowest BCUT2D eigenvalue weighted by molar-refractivity contribution is -0.359. The van der Waals surface area contributed by atoms with E-state index in [9.17, 15) is 35.7 Å². The molecule has 0 unspecified atom stereocenters. The summed E-state index contributed by atoms with van der Waals surface area (Å²) in [6.07, 6.45) is -11.4. The summed E-state index contributed by atoms with van der Waals surface area (Å²) in [6.45, 7) is 2.57. The van der Waals surface area contributed by atoms with Crippen molar-refractivity contribution in [3.05, 3.63) is 12.7 Å². The van der Waals surface area contributed by atoms with Crippen molar-refractivity contribution >= 4 is 0 Å². The van der Waals surface area contributed by atoms with Crippen LogP contribution in [0.15, 0.2) is 12.7 Å². The van der Waals surface area contributed by atoms with E-state index in [4.69, 9.17) is 18.9 Å². The van der Waals surface area contributed by atoms with Gasteiger partial charge in [0, 0.05) is 0 Å². The van der Waals surface area contributed by atoms with E-state index in [1.165, 1.54) is 0 Å². The number of aliphatic hydroxyl groups is 7. The first-order valence-electron chi connectivity index (χ1n) is 9.16. The van der Waals surface area contributed by atoms with E-state index < -0.39 is 74.6 Å². The normalized spacial score (nSPS) is 44.4. The number of ether oxygens (including phenoxy) is 4. The Balaban J connectivity index is 2.03. The summed E-state index contributed by atoms with van der Waals surface area (Å²) >= 11 is 0. The van der Waals surface area contributed by atoms with Gasteiger partial charge in [0.15, 0.2) is 12.6 Å². The lowest BCUT2D eigenvalue weighted by Gasteiger charge is -2.45. The van der Waals surface area contributed by atoms with Gasteiger partial charge in [-0.15, -0.1) is 6.58 Å². The Morgan fingerprint density at radius 2 is 1.39 bits per heavy atom. The maximum Gasteiger partial charge on any atom is 0.187 e. The molecule has 10 atom stereocenters. The van der Waals surface area contributed by atoms with Crippen molar-refractivity contribution in [3.63, 3.8) is 0 Å². The molecular formula is C17H30O11. The molecule has 0 radical (unpaired) electrons. The average molecular weight is 410 g/mol. The fourth-order valence-corrected chi connectivity index (χ4v) is 3.12. The van der Waals surface area contributed by atoms with Gasteiger partial charge in [0.1, 0.15) is 48.8 Å². The van der Waals surface area contributed by atoms with Crippen LogP contribution in [-0.4, -0.2) is 117 Å². The molecule has 0 spiro atoms. The van der Waals surface area contributed by atoms with Crippen molar-refractivity contribution in [2.75, 3.05) is 19.8 Å². The number of unbranched alkanes of at least 4 members (excludes halogenated alkanes) is 1. The third-order valence-electron chi connectivity index (χ3n) is 4.80. The van der Waals surface area contributed by atoms with Crippen LogP contribution in [0.4, 0.5) is 0 Å². The largest absolute Gasteiger partial charge is 0.394 e. The van der Waals surface area contributed by atoms with E-state index in [-0.39, 0.29) is 6.61 Å². The molecule has 28 heavy (non-hydrogen) atoms. The fourth-order valence-electron chi connectivity index (χ4n) is 3.12. The molecule has 7 N–H and O–H groups in total. The molecule has 2 aliphatic rings. The highest BCUT2D eigenvalue weighted by Gasteiger charge is 2.50. The Hall–Kier alpha value is -0.700. The van der Waals surface area contributed by atoms with Crippen LogP contribution >= 0.6 is 0 Å². The first-order valence-corrected chi connectivity index (χ1v) is 9.16. The summed E-state index contributed by atoms with van der Waals surface area (Å²) in [7, 11) is 0.